The number of amides is 1. The van der Waals surface area contributed by atoms with Crippen LogP contribution < -0.4 is 5.32 Å². The molecule has 1 aromatic rings. The van der Waals surface area contributed by atoms with Crippen molar-refractivity contribution in [3.8, 4) is 0 Å². The van der Waals surface area contributed by atoms with Crippen LogP contribution in [0, 0.1) is 0 Å². The van der Waals surface area contributed by atoms with Gasteiger partial charge in [-0.15, -0.1) is 0 Å². The summed E-state index contributed by atoms with van der Waals surface area (Å²) in [7, 11) is 0. The van der Waals surface area contributed by atoms with Crippen molar-refractivity contribution in [1.29, 1.82) is 0 Å². The van der Waals surface area contributed by atoms with E-state index < -0.39 is 24.5 Å². The summed E-state index contributed by atoms with van der Waals surface area (Å²) in [4.78, 5) is 21.1. The van der Waals surface area contributed by atoms with E-state index in [1.807, 2.05) is 10.4 Å². The number of alkyl halides is 3. The normalized spacial score (nSPS) is 11.2. The summed E-state index contributed by atoms with van der Waals surface area (Å²) in [6.07, 6.45) is -6.27. The number of H-pyrrole nitrogens is 1. The minimum absolute atomic E-state index is 0.272. The molecule has 0 saturated heterocycles. The zero-order valence-corrected chi connectivity index (χ0v) is 7.63. The lowest BCUT2D eigenvalue weighted by molar-refractivity contribution is -0.150. The van der Waals surface area contributed by atoms with Gasteiger partial charge in [0.2, 0.25) is 5.91 Å². The molecule has 6 nitrogen and oxygen atoms in total. The predicted octanol–water partition coefficient (Wildman–Crippen LogP) is 0.999. The van der Waals surface area contributed by atoms with Gasteiger partial charge in [0.1, 0.15) is 12.1 Å². The Labute approximate surface area is 86.5 Å². The van der Waals surface area contributed by atoms with E-state index in [-0.39, 0.29) is 11.5 Å². The average molecular weight is 237 g/mol. The Balaban J connectivity index is 2.60. The van der Waals surface area contributed by atoms with Gasteiger partial charge in [-0.25, -0.2) is 4.79 Å². The summed E-state index contributed by atoms with van der Waals surface area (Å²) in [5.74, 6) is -2.91. The van der Waals surface area contributed by atoms with Crippen molar-refractivity contribution in [1.82, 2.24) is 10.2 Å². The second-order valence-electron chi connectivity index (χ2n) is 2.81. The zero-order valence-electron chi connectivity index (χ0n) is 7.63. The molecule has 0 spiro atoms. The summed E-state index contributed by atoms with van der Waals surface area (Å²) < 4.78 is 35.3. The molecule has 0 atom stereocenters. The van der Waals surface area contributed by atoms with Gasteiger partial charge in [-0.3, -0.25) is 9.89 Å². The molecular formula is C7H6F3N3O3. The van der Waals surface area contributed by atoms with E-state index in [2.05, 4.69) is 5.10 Å². The van der Waals surface area contributed by atoms with Gasteiger partial charge in [-0.2, -0.15) is 18.3 Å². The first-order valence-corrected chi connectivity index (χ1v) is 3.93. The van der Waals surface area contributed by atoms with Crippen molar-refractivity contribution in [2.24, 2.45) is 0 Å². The first-order valence-electron chi connectivity index (χ1n) is 3.93. The molecule has 1 aromatic heterocycles. The molecule has 0 aliphatic heterocycles. The van der Waals surface area contributed by atoms with Crippen molar-refractivity contribution in [2.45, 2.75) is 12.6 Å². The van der Waals surface area contributed by atoms with Crippen LogP contribution in [0.25, 0.3) is 0 Å². The molecule has 1 amide bonds. The smallest absolute Gasteiger partial charge is 0.397 e. The molecule has 1 rings (SSSR count). The van der Waals surface area contributed by atoms with Crippen molar-refractivity contribution in [2.75, 3.05) is 5.32 Å². The van der Waals surface area contributed by atoms with Gasteiger partial charge in [0.25, 0.3) is 0 Å². The van der Waals surface area contributed by atoms with Gasteiger partial charge >= 0.3 is 12.1 Å². The number of nitrogens with zero attached hydrogens (tertiary/aromatic N) is 1. The third-order valence-corrected chi connectivity index (χ3v) is 1.44. The molecule has 9 heteroatoms. The Bertz CT molecular complexity index is 412. The first-order chi connectivity index (χ1) is 7.28. The molecule has 0 unspecified atom stereocenters. The Morgan fingerprint density at radius 2 is 2.12 bits per heavy atom. The van der Waals surface area contributed by atoms with Crippen molar-refractivity contribution < 1.29 is 27.9 Å². The highest BCUT2D eigenvalue weighted by Gasteiger charge is 2.31. The Morgan fingerprint density at radius 1 is 1.50 bits per heavy atom. The molecule has 3 N–H and O–H groups in total. The van der Waals surface area contributed by atoms with Gasteiger partial charge in [-0.1, -0.05) is 0 Å². The number of rotatable bonds is 3. The molecule has 16 heavy (non-hydrogen) atoms. The quantitative estimate of drug-likeness (QED) is 0.730. The molecule has 0 aliphatic carbocycles. The summed E-state index contributed by atoms with van der Waals surface area (Å²) in [5.41, 5.74) is -0.331. The summed E-state index contributed by atoms with van der Waals surface area (Å²) in [6.45, 7) is 0. The number of carboxylic acids is 1. The Morgan fingerprint density at radius 3 is 2.56 bits per heavy atom. The molecule has 0 fully saturated rings. The Hall–Kier alpha value is -2.06. The number of halogens is 3. The molecule has 0 radical (unpaired) electrons. The van der Waals surface area contributed by atoms with E-state index in [0.717, 1.165) is 6.07 Å². The monoisotopic (exact) mass is 237 g/mol. The zero-order chi connectivity index (χ0) is 12.3. The number of hydrogen-bond donors (Lipinski definition) is 3. The van der Waals surface area contributed by atoms with E-state index in [1.54, 1.807) is 0 Å². The first kappa shape index (κ1) is 12.0. The molecule has 0 aromatic carbocycles. The number of carbonyl (C=O) groups is 2. The number of carboxylic acid groups (broad SMARTS) is 1. The highest BCUT2D eigenvalue weighted by molar-refractivity contribution is 5.92. The minimum Gasteiger partial charge on any atom is -0.477 e. The number of aromatic amines is 1. The predicted molar refractivity (Wildman–Crippen MR) is 44.8 cm³/mol. The van der Waals surface area contributed by atoms with Crippen molar-refractivity contribution in [3.05, 3.63) is 11.8 Å². The fourth-order valence-corrected chi connectivity index (χ4v) is 0.864. The maximum absolute atomic E-state index is 11.8. The maximum Gasteiger partial charge on any atom is 0.397 e. The molecule has 0 aliphatic rings. The fourth-order valence-electron chi connectivity index (χ4n) is 0.864. The molecule has 0 saturated carbocycles. The second-order valence-corrected chi connectivity index (χ2v) is 2.81. The largest absolute Gasteiger partial charge is 0.477 e. The van der Waals surface area contributed by atoms with E-state index >= 15 is 0 Å². The lowest BCUT2D eigenvalue weighted by Crippen LogP contribution is -2.21. The lowest BCUT2D eigenvalue weighted by atomic mass is 10.4. The third-order valence-electron chi connectivity index (χ3n) is 1.44. The minimum atomic E-state index is -4.62. The SMILES string of the molecule is O=C(CC(F)(F)F)Nc1cc(C(=O)O)[nH]n1. The van der Waals surface area contributed by atoms with Gasteiger partial charge in [0.05, 0.1) is 0 Å². The van der Waals surface area contributed by atoms with Crippen LogP contribution in [0.5, 0.6) is 0 Å². The number of carbonyl (C=O) groups excluding carboxylic acids is 1. The summed E-state index contributed by atoms with van der Waals surface area (Å²) >= 11 is 0. The van der Waals surface area contributed by atoms with Crippen molar-refractivity contribution in [3.63, 3.8) is 0 Å². The van der Waals surface area contributed by atoms with Gasteiger partial charge in [0, 0.05) is 6.07 Å². The van der Waals surface area contributed by atoms with Crippen LogP contribution in [-0.4, -0.2) is 33.4 Å². The van der Waals surface area contributed by atoms with Crippen LogP contribution in [0.1, 0.15) is 16.9 Å². The molecule has 0 bridgehead atoms. The number of aromatic carboxylic acids is 1. The van der Waals surface area contributed by atoms with Gasteiger partial charge in [-0.05, 0) is 0 Å². The van der Waals surface area contributed by atoms with Crippen LogP contribution in [0.4, 0.5) is 19.0 Å². The number of anilines is 1. The third kappa shape index (κ3) is 3.59. The van der Waals surface area contributed by atoms with E-state index in [9.17, 15) is 22.8 Å². The van der Waals surface area contributed by atoms with Crippen LogP contribution in [0.15, 0.2) is 6.07 Å². The maximum atomic E-state index is 11.8. The number of aromatic nitrogens is 2. The lowest BCUT2D eigenvalue weighted by Gasteiger charge is -2.04. The van der Waals surface area contributed by atoms with Crippen LogP contribution in [0.2, 0.25) is 0 Å². The standard InChI is InChI=1S/C7H6F3N3O3/c8-7(9,10)2-5(14)11-4-1-3(6(15)16)12-13-4/h1H,2H2,(H,15,16)(H2,11,12,13,14). The number of hydrogen-bond acceptors (Lipinski definition) is 3. The second kappa shape index (κ2) is 4.21. The van der Waals surface area contributed by atoms with Gasteiger partial charge in [0.15, 0.2) is 5.82 Å². The van der Waals surface area contributed by atoms with Crippen LogP contribution in [0.3, 0.4) is 0 Å². The summed E-state index contributed by atoms with van der Waals surface area (Å²) in [5, 5.41) is 15.6. The van der Waals surface area contributed by atoms with E-state index in [4.69, 9.17) is 5.11 Å². The summed E-state index contributed by atoms with van der Waals surface area (Å²) in [6, 6.07) is 0.913. The fraction of sp³-hybridized carbons (Fsp3) is 0.286. The Kier molecular flexibility index (Phi) is 3.16. The van der Waals surface area contributed by atoms with E-state index in [0.29, 0.717) is 0 Å². The molecular weight excluding hydrogens is 231 g/mol. The molecule has 1 heterocycles. The molecule has 88 valence electrons. The van der Waals surface area contributed by atoms with Gasteiger partial charge < -0.3 is 10.4 Å². The highest BCUT2D eigenvalue weighted by Crippen LogP contribution is 2.20. The van der Waals surface area contributed by atoms with E-state index in [1.165, 1.54) is 0 Å². The topological polar surface area (TPSA) is 95.1 Å². The average Bonchev–Trinajstić information content (AvgIpc) is 2.48. The number of nitrogens with one attached hydrogen (secondary N) is 2. The highest BCUT2D eigenvalue weighted by atomic mass is 19.4. The van der Waals surface area contributed by atoms with Crippen molar-refractivity contribution >= 4 is 17.7 Å². The van der Waals surface area contributed by atoms with Crippen LogP contribution >= 0.6 is 0 Å². The van der Waals surface area contributed by atoms with Crippen LogP contribution in [-0.2, 0) is 4.79 Å².